The van der Waals surface area contributed by atoms with Gasteiger partial charge in [0.15, 0.2) is 5.79 Å². The van der Waals surface area contributed by atoms with E-state index in [1.54, 1.807) is 20.8 Å². The van der Waals surface area contributed by atoms with Gasteiger partial charge in [-0.1, -0.05) is 20.4 Å². The van der Waals surface area contributed by atoms with Crippen LogP contribution in [0.15, 0.2) is 23.8 Å². The Kier molecular flexibility index (Phi) is 4.96. The van der Waals surface area contributed by atoms with Gasteiger partial charge in [0.1, 0.15) is 12.2 Å². The summed E-state index contributed by atoms with van der Waals surface area (Å²) in [5.41, 5.74) is -1.04. The molecule has 3 N–H and O–H groups in total. The Hall–Kier alpha value is -1.74. The summed E-state index contributed by atoms with van der Waals surface area (Å²) in [6, 6.07) is 0. The van der Waals surface area contributed by atoms with Gasteiger partial charge in [0.2, 0.25) is 0 Å². The van der Waals surface area contributed by atoms with Crippen molar-refractivity contribution in [1.82, 2.24) is 0 Å². The molecule has 3 heterocycles. The van der Waals surface area contributed by atoms with E-state index in [0.29, 0.717) is 0 Å². The van der Waals surface area contributed by atoms with E-state index in [1.807, 2.05) is 0 Å². The van der Waals surface area contributed by atoms with E-state index in [9.17, 15) is 24.9 Å². The minimum absolute atomic E-state index is 0.0261. The van der Waals surface area contributed by atoms with Crippen molar-refractivity contribution in [2.75, 3.05) is 6.61 Å². The minimum atomic E-state index is -1.90. The lowest BCUT2D eigenvalue weighted by molar-refractivity contribution is -0.211. The molecule has 3 aliphatic rings. The maximum atomic E-state index is 12.3. The first-order valence-corrected chi connectivity index (χ1v) is 9.03. The van der Waals surface area contributed by atoms with E-state index in [4.69, 9.17) is 14.2 Å². The average Bonchev–Trinajstić information content (AvgIpc) is 2.98. The van der Waals surface area contributed by atoms with Gasteiger partial charge in [-0.15, -0.1) is 0 Å². The Morgan fingerprint density at radius 3 is 2.70 bits per heavy atom. The number of rotatable bonds is 3. The Bertz CT molecular complexity index is 698. The van der Waals surface area contributed by atoms with Crippen molar-refractivity contribution in [3.05, 3.63) is 23.8 Å². The van der Waals surface area contributed by atoms with Crippen molar-refractivity contribution in [2.24, 2.45) is 11.8 Å². The van der Waals surface area contributed by atoms with Crippen molar-refractivity contribution < 1.29 is 39.1 Å². The first-order valence-electron chi connectivity index (χ1n) is 9.03. The van der Waals surface area contributed by atoms with E-state index in [0.717, 1.165) is 0 Å². The third-order valence-corrected chi connectivity index (χ3v) is 5.62. The number of carbonyl (C=O) groups excluding carboxylic acids is 2. The topological polar surface area (TPSA) is 123 Å². The Morgan fingerprint density at radius 2 is 2.11 bits per heavy atom. The van der Waals surface area contributed by atoms with Gasteiger partial charge in [0.05, 0.1) is 30.1 Å². The maximum Gasteiger partial charge on any atom is 0.334 e. The molecule has 8 nitrogen and oxygen atoms in total. The molecule has 6 atom stereocenters. The van der Waals surface area contributed by atoms with Gasteiger partial charge >= 0.3 is 11.9 Å². The number of aliphatic hydroxyl groups is 3. The summed E-state index contributed by atoms with van der Waals surface area (Å²) < 4.78 is 16.8. The summed E-state index contributed by atoms with van der Waals surface area (Å²) >= 11 is 0. The number of aliphatic hydroxyl groups excluding tert-OH is 2. The second kappa shape index (κ2) is 6.70. The molecule has 0 aromatic heterocycles. The van der Waals surface area contributed by atoms with Crippen molar-refractivity contribution in [3.63, 3.8) is 0 Å². The minimum Gasteiger partial charge on any atom is -0.461 e. The summed E-state index contributed by atoms with van der Waals surface area (Å²) in [6.45, 7) is 8.19. The molecule has 0 spiro atoms. The fourth-order valence-electron chi connectivity index (χ4n) is 3.96. The van der Waals surface area contributed by atoms with Crippen LogP contribution in [0.2, 0.25) is 0 Å². The highest BCUT2D eigenvalue weighted by Gasteiger charge is 2.58. The van der Waals surface area contributed by atoms with E-state index in [2.05, 4.69) is 6.58 Å². The Morgan fingerprint density at radius 1 is 1.44 bits per heavy atom. The SMILES string of the molecule is C=C1C(=O)O[C@H]2/C=C(/CO)[C@]3(O)C[C@H](O)[C@](C)(C[C@@H](OC(=O)C(C)C)[C@@H]12)O3. The zero-order chi connectivity index (χ0) is 20.1. The van der Waals surface area contributed by atoms with Crippen molar-refractivity contribution in [1.29, 1.82) is 0 Å². The van der Waals surface area contributed by atoms with Crippen molar-refractivity contribution in [3.8, 4) is 0 Å². The van der Waals surface area contributed by atoms with Crippen LogP contribution >= 0.6 is 0 Å². The molecule has 0 radical (unpaired) electrons. The molecule has 0 unspecified atom stereocenters. The average molecular weight is 382 g/mol. The zero-order valence-electron chi connectivity index (χ0n) is 15.7. The fraction of sp³-hybridized carbons (Fsp3) is 0.684. The first kappa shape index (κ1) is 20.0. The molecule has 2 saturated heterocycles. The highest BCUT2D eigenvalue weighted by atomic mass is 16.7. The molecular weight excluding hydrogens is 356 g/mol. The third-order valence-electron chi connectivity index (χ3n) is 5.62. The van der Waals surface area contributed by atoms with Gasteiger partial charge in [-0.2, -0.15) is 0 Å². The quantitative estimate of drug-likeness (QED) is 0.360. The van der Waals surface area contributed by atoms with Gasteiger partial charge in [-0.3, -0.25) is 4.79 Å². The summed E-state index contributed by atoms with van der Waals surface area (Å²) in [5.74, 6) is -4.11. The Balaban J connectivity index is 2.09. The first-order chi connectivity index (χ1) is 12.5. The molecule has 27 heavy (non-hydrogen) atoms. The summed E-state index contributed by atoms with van der Waals surface area (Å²) in [4.78, 5) is 24.4. The van der Waals surface area contributed by atoms with Crippen molar-refractivity contribution in [2.45, 2.75) is 63.3 Å². The number of hydrogen-bond donors (Lipinski definition) is 3. The predicted molar refractivity (Wildman–Crippen MR) is 92.1 cm³/mol. The van der Waals surface area contributed by atoms with Crippen LogP contribution in [0.4, 0.5) is 0 Å². The third kappa shape index (κ3) is 3.31. The van der Waals surface area contributed by atoms with Gasteiger partial charge in [0, 0.05) is 24.0 Å². The summed E-state index contributed by atoms with van der Waals surface area (Å²) in [6.07, 6.45) is -1.53. The van der Waals surface area contributed by atoms with Crippen LogP contribution in [0.1, 0.15) is 33.6 Å². The number of ether oxygens (including phenoxy) is 3. The van der Waals surface area contributed by atoms with Gasteiger partial charge in [-0.25, -0.2) is 4.79 Å². The van der Waals surface area contributed by atoms with Crippen LogP contribution in [-0.4, -0.2) is 63.6 Å². The van der Waals surface area contributed by atoms with E-state index < -0.39 is 60.1 Å². The second-order valence-electron chi connectivity index (χ2n) is 8.02. The lowest BCUT2D eigenvalue weighted by atomic mass is 9.80. The van der Waals surface area contributed by atoms with Crippen LogP contribution in [0.3, 0.4) is 0 Å². The van der Waals surface area contributed by atoms with Crippen LogP contribution < -0.4 is 0 Å². The predicted octanol–water partition coefficient (Wildman–Crippen LogP) is 0.203. The number of fused-ring (bicyclic) bond motifs is 3. The molecule has 0 aromatic carbocycles. The lowest BCUT2D eigenvalue weighted by Gasteiger charge is -2.34. The van der Waals surface area contributed by atoms with Crippen LogP contribution in [0.25, 0.3) is 0 Å². The molecule has 0 amide bonds. The molecule has 0 aromatic rings. The highest BCUT2D eigenvalue weighted by molar-refractivity contribution is 5.91. The standard InChI is InChI=1S/C19H26O8/c1-9(2)16(22)26-13-6-18(4)14(21)7-19(24,27-18)11(8-20)5-12-15(13)10(3)17(23)25-12/h5,9,12-15,20-21,24H,3,6-8H2,1-2,4H3/b11-5-/t12-,13+,14-,15-,18-,19-/m0/s1. The number of hydrogen-bond acceptors (Lipinski definition) is 8. The second-order valence-corrected chi connectivity index (χ2v) is 8.02. The smallest absolute Gasteiger partial charge is 0.334 e. The molecule has 2 fully saturated rings. The molecule has 2 bridgehead atoms. The zero-order valence-corrected chi connectivity index (χ0v) is 15.7. The van der Waals surface area contributed by atoms with Crippen LogP contribution in [0.5, 0.6) is 0 Å². The number of esters is 2. The molecule has 3 aliphatic heterocycles. The van der Waals surface area contributed by atoms with E-state index in [1.165, 1.54) is 6.08 Å². The van der Waals surface area contributed by atoms with Crippen molar-refractivity contribution >= 4 is 11.9 Å². The highest BCUT2D eigenvalue weighted by Crippen LogP contribution is 2.48. The maximum absolute atomic E-state index is 12.3. The van der Waals surface area contributed by atoms with E-state index >= 15 is 0 Å². The normalized spacial score (nSPS) is 43.3. The lowest BCUT2D eigenvalue weighted by Crippen LogP contribution is -2.45. The van der Waals surface area contributed by atoms with E-state index in [-0.39, 0.29) is 24.0 Å². The molecule has 150 valence electrons. The molecule has 3 rings (SSSR count). The summed E-state index contributed by atoms with van der Waals surface area (Å²) in [5, 5.41) is 31.2. The monoisotopic (exact) mass is 382 g/mol. The molecule has 0 aliphatic carbocycles. The molecule has 0 saturated carbocycles. The largest absolute Gasteiger partial charge is 0.461 e. The van der Waals surface area contributed by atoms with Gasteiger partial charge < -0.3 is 29.5 Å². The Labute approximate surface area is 157 Å². The summed E-state index contributed by atoms with van der Waals surface area (Å²) in [7, 11) is 0. The van der Waals surface area contributed by atoms with Gasteiger partial charge in [-0.05, 0) is 13.0 Å². The molecular formula is C19H26O8. The fourth-order valence-corrected chi connectivity index (χ4v) is 3.96. The van der Waals surface area contributed by atoms with Gasteiger partial charge in [0.25, 0.3) is 0 Å². The van der Waals surface area contributed by atoms with Crippen LogP contribution in [0, 0.1) is 11.8 Å². The number of carbonyl (C=O) groups is 2. The molecule has 8 heteroatoms. The van der Waals surface area contributed by atoms with Crippen LogP contribution in [-0.2, 0) is 23.8 Å².